The van der Waals surface area contributed by atoms with E-state index >= 15 is 0 Å². The zero-order valence-electron chi connectivity index (χ0n) is 16.9. The Hall–Kier alpha value is -2.28. The lowest BCUT2D eigenvalue weighted by atomic mass is 10.1. The Morgan fingerprint density at radius 3 is 2.69 bits per heavy atom. The van der Waals surface area contributed by atoms with Crippen LogP contribution in [0.2, 0.25) is 0 Å². The molecular formula is C23H28N3O2S+. The molecule has 2 heterocycles. The number of anilines is 1. The number of rotatable bonds is 7. The molecule has 0 atom stereocenters. The Balaban J connectivity index is 1.52. The number of nitrogens with one attached hydrogen (secondary N) is 1. The van der Waals surface area contributed by atoms with E-state index in [4.69, 9.17) is 9.72 Å². The summed E-state index contributed by atoms with van der Waals surface area (Å²) in [5.74, 6) is 0.116. The first-order valence-electron chi connectivity index (χ1n) is 10.3. The van der Waals surface area contributed by atoms with Crippen LogP contribution in [0, 0.1) is 6.92 Å². The van der Waals surface area contributed by atoms with Gasteiger partial charge in [-0.2, -0.15) is 0 Å². The Labute approximate surface area is 175 Å². The molecule has 5 nitrogen and oxygen atoms in total. The summed E-state index contributed by atoms with van der Waals surface area (Å²) in [6.45, 7) is 7.61. The van der Waals surface area contributed by atoms with Crippen molar-refractivity contribution in [2.24, 2.45) is 0 Å². The van der Waals surface area contributed by atoms with E-state index in [2.05, 4.69) is 25.1 Å². The summed E-state index contributed by atoms with van der Waals surface area (Å²) >= 11 is 1.61. The van der Waals surface area contributed by atoms with E-state index in [1.807, 2.05) is 35.2 Å². The van der Waals surface area contributed by atoms with Gasteiger partial charge in [-0.1, -0.05) is 53.8 Å². The SMILES string of the molecule is Cc1cccc2sc(N(CCC[NH+]3CCOCC3)C(=O)Cc3ccccc3)nc12. The maximum atomic E-state index is 13.2. The standard InChI is InChI=1S/C23H27N3O2S/c1-18-7-5-10-20-22(18)24-23(29-20)26(12-6-11-25-13-15-28-16-14-25)21(27)17-19-8-3-2-4-9-19/h2-5,7-10H,6,11-17H2,1H3/p+1. The minimum absolute atomic E-state index is 0.116. The van der Waals surface area contributed by atoms with Crippen molar-refractivity contribution < 1.29 is 14.4 Å². The van der Waals surface area contributed by atoms with E-state index in [-0.39, 0.29) is 5.91 Å². The third-order valence-corrected chi connectivity index (χ3v) is 6.50. The van der Waals surface area contributed by atoms with Gasteiger partial charge in [-0.25, -0.2) is 4.98 Å². The Bertz CT molecular complexity index is 951. The summed E-state index contributed by atoms with van der Waals surface area (Å²) in [7, 11) is 0. The van der Waals surface area contributed by atoms with Crippen molar-refractivity contribution in [3.05, 3.63) is 59.7 Å². The molecule has 0 spiro atoms. The Morgan fingerprint density at radius 1 is 1.14 bits per heavy atom. The molecule has 1 aromatic heterocycles. The van der Waals surface area contributed by atoms with Crippen molar-refractivity contribution in [3.8, 4) is 0 Å². The number of amides is 1. The predicted octanol–water partition coefficient (Wildman–Crippen LogP) is 2.49. The highest BCUT2D eigenvalue weighted by Crippen LogP contribution is 2.31. The summed E-state index contributed by atoms with van der Waals surface area (Å²) in [6.07, 6.45) is 1.37. The molecule has 152 valence electrons. The monoisotopic (exact) mass is 410 g/mol. The minimum atomic E-state index is 0.116. The number of aromatic nitrogens is 1. The highest BCUT2D eigenvalue weighted by Gasteiger charge is 2.22. The molecule has 2 aromatic carbocycles. The van der Waals surface area contributed by atoms with Crippen LogP contribution in [0.3, 0.4) is 0 Å². The number of quaternary nitrogens is 1. The summed E-state index contributed by atoms with van der Waals surface area (Å²) in [5.41, 5.74) is 3.20. The van der Waals surface area contributed by atoms with Crippen LogP contribution >= 0.6 is 11.3 Å². The second-order valence-electron chi connectivity index (χ2n) is 7.59. The third kappa shape index (κ3) is 5.01. The van der Waals surface area contributed by atoms with Crippen LogP contribution in [0.15, 0.2) is 48.5 Å². The van der Waals surface area contributed by atoms with Crippen molar-refractivity contribution in [3.63, 3.8) is 0 Å². The quantitative estimate of drug-likeness (QED) is 0.651. The van der Waals surface area contributed by atoms with E-state index in [0.717, 1.165) is 65.7 Å². The lowest BCUT2D eigenvalue weighted by molar-refractivity contribution is -0.908. The fourth-order valence-corrected chi connectivity index (χ4v) is 4.87. The smallest absolute Gasteiger partial charge is 0.233 e. The van der Waals surface area contributed by atoms with Crippen LogP contribution in [0.5, 0.6) is 0 Å². The fraction of sp³-hybridized carbons (Fsp3) is 0.391. The fourth-order valence-electron chi connectivity index (χ4n) is 3.78. The second-order valence-corrected chi connectivity index (χ2v) is 8.60. The van der Waals surface area contributed by atoms with Crippen LogP contribution in [0.1, 0.15) is 17.5 Å². The van der Waals surface area contributed by atoms with Gasteiger partial charge in [-0.05, 0) is 24.1 Å². The molecule has 0 saturated carbocycles. The first kappa shape index (κ1) is 20.0. The largest absolute Gasteiger partial charge is 0.370 e. The molecular weight excluding hydrogens is 382 g/mol. The maximum Gasteiger partial charge on any atom is 0.233 e. The van der Waals surface area contributed by atoms with Gasteiger partial charge in [0.05, 0.1) is 36.4 Å². The second kappa shape index (κ2) is 9.48. The molecule has 1 aliphatic rings. The van der Waals surface area contributed by atoms with Gasteiger partial charge in [0, 0.05) is 13.0 Å². The zero-order chi connectivity index (χ0) is 20.1. The molecule has 4 rings (SSSR count). The summed E-state index contributed by atoms with van der Waals surface area (Å²) in [5, 5.41) is 0.812. The number of morpholine rings is 1. The van der Waals surface area contributed by atoms with E-state index in [1.54, 1.807) is 16.2 Å². The molecule has 1 amide bonds. The van der Waals surface area contributed by atoms with Crippen molar-refractivity contribution in [1.82, 2.24) is 4.98 Å². The Morgan fingerprint density at radius 2 is 1.93 bits per heavy atom. The third-order valence-electron chi connectivity index (χ3n) is 5.45. The summed E-state index contributed by atoms with van der Waals surface area (Å²) in [4.78, 5) is 21.5. The number of nitrogens with zero attached hydrogens (tertiary/aromatic N) is 2. The molecule has 1 aliphatic heterocycles. The molecule has 1 fully saturated rings. The van der Waals surface area contributed by atoms with Gasteiger partial charge in [-0.15, -0.1) is 0 Å². The average molecular weight is 411 g/mol. The highest BCUT2D eigenvalue weighted by molar-refractivity contribution is 7.22. The van der Waals surface area contributed by atoms with Crippen molar-refractivity contribution in [2.45, 2.75) is 19.8 Å². The summed E-state index contributed by atoms with van der Waals surface area (Å²) < 4.78 is 6.59. The maximum absolute atomic E-state index is 13.2. The lowest BCUT2D eigenvalue weighted by Crippen LogP contribution is -3.14. The Kier molecular flexibility index (Phi) is 6.54. The van der Waals surface area contributed by atoms with Crippen molar-refractivity contribution in [1.29, 1.82) is 0 Å². The number of fused-ring (bicyclic) bond motifs is 1. The van der Waals surface area contributed by atoms with Crippen LogP contribution in [0.25, 0.3) is 10.2 Å². The van der Waals surface area contributed by atoms with E-state index in [0.29, 0.717) is 13.0 Å². The van der Waals surface area contributed by atoms with E-state index in [1.165, 1.54) is 0 Å². The van der Waals surface area contributed by atoms with Gasteiger partial charge in [0.15, 0.2) is 5.13 Å². The molecule has 1 saturated heterocycles. The van der Waals surface area contributed by atoms with Crippen LogP contribution in [0.4, 0.5) is 5.13 Å². The molecule has 1 N–H and O–H groups in total. The number of ether oxygens (including phenoxy) is 1. The van der Waals surface area contributed by atoms with Gasteiger partial charge in [0.25, 0.3) is 0 Å². The minimum Gasteiger partial charge on any atom is -0.370 e. The number of carbonyl (C=O) groups is 1. The van der Waals surface area contributed by atoms with Crippen LogP contribution < -0.4 is 9.80 Å². The van der Waals surface area contributed by atoms with Crippen LogP contribution in [-0.2, 0) is 16.0 Å². The van der Waals surface area contributed by atoms with Gasteiger partial charge in [-0.3, -0.25) is 9.69 Å². The lowest BCUT2D eigenvalue weighted by Gasteiger charge is -2.25. The van der Waals surface area contributed by atoms with E-state index < -0.39 is 0 Å². The zero-order valence-corrected chi connectivity index (χ0v) is 17.7. The van der Waals surface area contributed by atoms with Crippen molar-refractivity contribution in [2.75, 3.05) is 44.3 Å². The summed E-state index contributed by atoms with van der Waals surface area (Å²) in [6, 6.07) is 16.2. The molecule has 0 aliphatic carbocycles. The predicted molar refractivity (Wildman–Crippen MR) is 118 cm³/mol. The molecule has 0 radical (unpaired) electrons. The van der Waals surface area contributed by atoms with E-state index in [9.17, 15) is 4.79 Å². The van der Waals surface area contributed by atoms with Gasteiger partial charge >= 0.3 is 0 Å². The number of aryl methyl sites for hydroxylation is 1. The van der Waals surface area contributed by atoms with Crippen molar-refractivity contribution >= 4 is 32.6 Å². The van der Waals surface area contributed by atoms with Crippen LogP contribution in [-0.4, -0.2) is 50.3 Å². The molecule has 6 heteroatoms. The molecule has 0 bridgehead atoms. The van der Waals surface area contributed by atoms with Gasteiger partial charge in [0.1, 0.15) is 13.1 Å². The van der Waals surface area contributed by atoms with Gasteiger partial charge < -0.3 is 9.64 Å². The number of hydrogen-bond acceptors (Lipinski definition) is 4. The number of thiazole rings is 1. The van der Waals surface area contributed by atoms with Gasteiger partial charge in [0.2, 0.25) is 5.91 Å². The molecule has 0 unspecified atom stereocenters. The number of para-hydroxylation sites is 1. The molecule has 3 aromatic rings. The normalized spacial score (nSPS) is 14.9. The average Bonchev–Trinajstić information content (AvgIpc) is 3.18. The topological polar surface area (TPSA) is 46.9 Å². The number of carbonyl (C=O) groups excluding carboxylic acids is 1. The number of hydrogen-bond donors (Lipinski definition) is 1. The highest BCUT2D eigenvalue weighted by atomic mass is 32.1. The number of benzene rings is 2. The molecule has 29 heavy (non-hydrogen) atoms. The first-order chi connectivity index (χ1) is 14.2. The first-order valence-corrected chi connectivity index (χ1v) is 11.1.